The highest BCUT2D eigenvalue weighted by molar-refractivity contribution is 5.88. The van der Waals surface area contributed by atoms with E-state index in [2.05, 4.69) is 31.5 Å². The van der Waals surface area contributed by atoms with Gasteiger partial charge in [-0.15, -0.1) is 0 Å². The van der Waals surface area contributed by atoms with Gasteiger partial charge in [0.05, 0.1) is 13.3 Å². The number of methoxy groups -OCH3 is 1. The average Bonchev–Trinajstić information content (AvgIpc) is 2.72. The topological polar surface area (TPSA) is 67.9 Å². The van der Waals surface area contributed by atoms with Crippen molar-refractivity contribution in [2.24, 2.45) is 0 Å². The summed E-state index contributed by atoms with van der Waals surface area (Å²) in [4.78, 5) is 21.9. The van der Waals surface area contributed by atoms with Crippen LogP contribution in [0.1, 0.15) is 5.69 Å². The van der Waals surface area contributed by atoms with Gasteiger partial charge < -0.3 is 9.72 Å². The first kappa shape index (κ1) is 9.21. The Labute approximate surface area is 85.5 Å². The van der Waals surface area contributed by atoms with Crippen molar-refractivity contribution < 1.29 is 9.53 Å². The number of esters is 1. The Morgan fingerprint density at radius 3 is 3.27 bits per heavy atom. The average molecular weight is 201 g/mol. The lowest BCUT2D eigenvalue weighted by Crippen LogP contribution is -1.95. The number of hydrogen-bond acceptors (Lipinski definition) is 4. The number of fused-ring (bicyclic) bond motifs is 1. The number of rotatable bonds is 0. The minimum absolute atomic E-state index is 0.438. The summed E-state index contributed by atoms with van der Waals surface area (Å²) in [7, 11) is 1.28. The van der Waals surface area contributed by atoms with Crippen LogP contribution in [0.5, 0.6) is 0 Å². The van der Waals surface area contributed by atoms with Gasteiger partial charge in [-0.05, 0) is 12.0 Å². The third kappa shape index (κ3) is 1.94. The molecule has 5 nitrogen and oxygen atoms in total. The summed E-state index contributed by atoms with van der Waals surface area (Å²) in [6, 6.07) is 1.78. The normalized spacial score (nSPS) is 9.40. The first-order chi connectivity index (χ1) is 7.29. The van der Waals surface area contributed by atoms with Gasteiger partial charge in [0.2, 0.25) is 0 Å². The molecule has 0 unspecified atom stereocenters. The molecule has 0 saturated carbocycles. The molecule has 0 aromatic carbocycles. The number of nitrogens with one attached hydrogen (secondary N) is 1. The van der Waals surface area contributed by atoms with Crippen molar-refractivity contribution in [3.05, 3.63) is 24.2 Å². The quantitative estimate of drug-likeness (QED) is 0.497. The molecule has 0 aliphatic heterocycles. The molecule has 0 saturated heterocycles. The van der Waals surface area contributed by atoms with Gasteiger partial charge in [0.25, 0.3) is 0 Å². The molecule has 5 heteroatoms. The standard InChI is InChI=1S/C10H7N3O2/c1-15-9(14)3-2-7-6-12-10-8(13-7)4-5-11-10/h4-6H,1H3,(H,11,12). The number of carbonyl (C=O) groups excluding carboxylic acids is 1. The molecule has 0 fully saturated rings. The van der Waals surface area contributed by atoms with Crippen LogP contribution < -0.4 is 0 Å². The van der Waals surface area contributed by atoms with Crippen LogP contribution in [-0.2, 0) is 9.53 Å². The zero-order chi connectivity index (χ0) is 10.7. The molecular weight excluding hydrogens is 194 g/mol. The second kappa shape index (κ2) is 3.80. The second-order valence-electron chi connectivity index (χ2n) is 2.71. The Morgan fingerprint density at radius 2 is 2.47 bits per heavy atom. The number of ether oxygens (including phenoxy) is 1. The van der Waals surface area contributed by atoms with E-state index in [4.69, 9.17) is 0 Å². The molecule has 0 aliphatic rings. The molecule has 15 heavy (non-hydrogen) atoms. The molecule has 1 N–H and O–H groups in total. The fraction of sp³-hybridized carbons (Fsp3) is 0.100. The van der Waals surface area contributed by atoms with E-state index in [0.717, 1.165) is 0 Å². The lowest BCUT2D eigenvalue weighted by Gasteiger charge is -1.90. The van der Waals surface area contributed by atoms with E-state index >= 15 is 0 Å². The Kier molecular flexibility index (Phi) is 2.33. The van der Waals surface area contributed by atoms with Crippen LogP contribution in [0, 0.1) is 11.8 Å². The number of carbonyl (C=O) groups is 1. The van der Waals surface area contributed by atoms with Gasteiger partial charge in [-0.3, -0.25) is 0 Å². The minimum atomic E-state index is -0.592. The summed E-state index contributed by atoms with van der Waals surface area (Å²) in [5.41, 5.74) is 1.85. The number of H-pyrrole nitrogens is 1. The van der Waals surface area contributed by atoms with Crippen LogP contribution in [0.25, 0.3) is 11.2 Å². The Balaban J connectivity index is 2.35. The Bertz CT molecular complexity index is 563. The van der Waals surface area contributed by atoms with Crippen molar-refractivity contribution in [1.29, 1.82) is 0 Å². The monoisotopic (exact) mass is 201 g/mol. The molecule has 74 valence electrons. The minimum Gasteiger partial charge on any atom is -0.459 e. The highest BCUT2D eigenvalue weighted by atomic mass is 16.5. The largest absolute Gasteiger partial charge is 0.459 e. The predicted molar refractivity (Wildman–Crippen MR) is 52.8 cm³/mol. The smallest absolute Gasteiger partial charge is 0.384 e. The molecule has 2 heterocycles. The lowest BCUT2D eigenvalue weighted by molar-refractivity contribution is -0.133. The van der Waals surface area contributed by atoms with Crippen molar-refractivity contribution in [3.63, 3.8) is 0 Å². The highest BCUT2D eigenvalue weighted by Crippen LogP contribution is 2.05. The maximum absolute atomic E-state index is 10.7. The summed E-state index contributed by atoms with van der Waals surface area (Å²) >= 11 is 0. The number of aromatic amines is 1. The van der Waals surface area contributed by atoms with E-state index in [0.29, 0.717) is 16.9 Å². The van der Waals surface area contributed by atoms with Crippen molar-refractivity contribution in [1.82, 2.24) is 15.0 Å². The molecule has 0 bridgehead atoms. The van der Waals surface area contributed by atoms with Crippen LogP contribution in [0.3, 0.4) is 0 Å². The van der Waals surface area contributed by atoms with Gasteiger partial charge in [0.15, 0.2) is 5.65 Å². The Hall–Kier alpha value is -2.35. The van der Waals surface area contributed by atoms with Crippen LogP contribution in [0.2, 0.25) is 0 Å². The molecule has 0 spiro atoms. The molecule has 0 atom stereocenters. The third-order valence-electron chi connectivity index (χ3n) is 1.74. The summed E-state index contributed by atoms with van der Waals surface area (Å²) in [5, 5.41) is 0. The van der Waals surface area contributed by atoms with E-state index < -0.39 is 5.97 Å². The van der Waals surface area contributed by atoms with Crippen LogP contribution in [-0.4, -0.2) is 28.0 Å². The predicted octanol–water partition coefficient (Wildman–Crippen LogP) is 0.482. The molecule has 2 aromatic heterocycles. The second-order valence-corrected chi connectivity index (χ2v) is 2.71. The molecular formula is C10H7N3O2. The first-order valence-electron chi connectivity index (χ1n) is 4.19. The fourth-order valence-electron chi connectivity index (χ4n) is 1.06. The number of nitrogens with zero attached hydrogens (tertiary/aromatic N) is 2. The van der Waals surface area contributed by atoms with E-state index in [9.17, 15) is 4.79 Å². The van der Waals surface area contributed by atoms with Gasteiger partial charge >= 0.3 is 5.97 Å². The first-order valence-corrected chi connectivity index (χ1v) is 4.19. The summed E-state index contributed by atoms with van der Waals surface area (Å²) < 4.78 is 4.38. The van der Waals surface area contributed by atoms with Crippen molar-refractivity contribution in [2.45, 2.75) is 0 Å². The van der Waals surface area contributed by atoms with Gasteiger partial charge in [-0.25, -0.2) is 14.8 Å². The maximum atomic E-state index is 10.7. The van der Waals surface area contributed by atoms with Gasteiger partial charge in [0.1, 0.15) is 11.2 Å². The third-order valence-corrected chi connectivity index (χ3v) is 1.74. The van der Waals surface area contributed by atoms with E-state index in [1.807, 2.05) is 0 Å². The van der Waals surface area contributed by atoms with E-state index in [1.54, 1.807) is 12.3 Å². The summed E-state index contributed by atoms with van der Waals surface area (Å²) in [6.07, 6.45) is 3.23. The van der Waals surface area contributed by atoms with Crippen LogP contribution in [0.15, 0.2) is 18.5 Å². The van der Waals surface area contributed by atoms with E-state index in [1.165, 1.54) is 13.3 Å². The SMILES string of the molecule is COC(=O)C#Cc1cnc2[nH]ccc2n1. The zero-order valence-corrected chi connectivity index (χ0v) is 7.94. The van der Waals surface area contributed by atoms with Gasteiger partial charge in [-0.2, -0.15) is 0 Å². The molecule has 0 amide bonds. The van der Waals surface area contributed by atoms with Crippen LogP contribution >= 0.6 is 0 Å². The van der Waals surface area contributed by atoms with Crippen molar-refractivity contribution in [2.75, 3.05) is 7.11 Å². The van der Waals surface area contributed by atoms with Crippen molar-refractivity contribution in [3.8, 4) is 11.8 Å². The molecule has 0 aliphatic carbocycles. The van der Waals surface area contributed by atoms with E-state index in [-0.39, 0.29) is 0 Å². The molecule has 0 radical (unpaired) electrons. The summed E-state index contributed by atoms with van der Waals surface area (Å²) in [5.74, 6) is 4.26. The van der Waals surface area contributed by atoms with Gasteiger partial charge in [0, 0.05) is 12.1 Å². The van der Waals surface area contributed by atoms with Gasteiger partial charge in [-0.1, -0.05) is 0 Å². The van der Waals surface area contributed by atoms with Crippen molar-refractivity contribution >= 4 is 17.1 Å². The lowest BCUT2D eigenvalue weighted by atomic mass is 10.4. The number of hydrogen-bond donors (Lipinski definition) is 1. The maximum Gasteiger partial charge on any atom is 0.384 e. The fourth-order valence-corrected chi connectivity index (χ4v) is 1.06. The Morgan fingerprint density at radius 1 is 1.60 bits per heavy atom. The zero-order valence-electron chi connectivity index (χ0n) is 7.94. The number of aromatic nitrogens is 3. The molecule has 2 aromatic rings. The van der Waals surface area contributed by atoms with Crippen LogP contribution in [0.4, 0.5) is 0 Å². The molecule has 2 rings (SSSR count). The summed E-state index contributed by atoms with van der Waals surface area (Å²) in [6.45, 7) is 0. The highest BCUT2D eigenvalue weighted by Gasteiger charge is 1.98.